The Morgan fingerprint density at radius 3 is 2.67 bits per heavy atom. The van der Waals surface area contributed by atoms with Crippen molar-refractivity contribution in [2.24, 2.45) is 5.92 Å². The van der Waals surface area contributed by atoms with Gasteiger partial charge in [-0.2, -0.15) is 0 Å². The summed E-state index contributed by atoms with van der Waals surface area (Å²) < 4.78 is 0. The molecule has 0 saturated carbocycles. The average Bonchev–Trinajstić information content (AvgIpc) is 2.24. The van der Waals surface area contributed by atoms with Gasteiger partial charge in [-0.25, -0.2) is 0 Å². The second-order valence-corrected chi connectivity index (χ2v) is 5.72. The van der Waals surface area contributed by atoms with Gasteiger partial charge in [0.1, 0.15) is 0 Å². The number of thioether (sulfide) groups is 1. The van der Waals surface area contributed by atoms with Crippen LogP contribution >= 0.6 is 27.7 Å². The fourth-order valence-corrected chi connectivity index (χ4v) is 3.67. The topological polar surface area (TPSA) is 0 Å². The Bertz CT molecular complexity index is 305. The predicted octanol–water partition coefficient (Wildman–Crippen LogP) is 4.82. The van der Waals surface area contributed by atoms with Gasteiger partial charge >= 0.3 is 0 Å². The van der Waals surface area contributed by atoms with E-state index in [9.17, 15) is 0 Å². The van der Waals surface area contributed by atoms with Gasteiger partial charge in [-0.05, 0) is 31.4 Å². The third kappa shape index (κ3) is 4.20. The number of rotatable bonds is 5. The first-order chi connectivity index (χ1) is 7.17. The fraction of sp³-hybridized carbons (Fsp3) is 0.538. The first kappa shape index (κ1) is 13.1. The molecule has 15 heavy (non-hydrogen) atoms. The lowest BCUT2D eigenvalue weighted by Gasteiger charge is -2.12. The maximum Gasteiger partial charge on any atom is 0.0104 e. The predicted molar refractivity (Wildman–Crippen MR) is 74.2 cm³/mol. The van der Waals surface area contributed by atoms with Crippen molar-refractivity contribution in [2.75, 3.05) is 11.1 Å². The number of aryl methyl sites for hydroxylation is 2. The van der Waals surface area contributed by atoms with Gasteiger partial charge < -0.3 is 0 Å². The molecule has 0 aliphatic rings. The van der Waals surface area contributed by atoms with Crippen LogP contribution in [-0.2, 0) is 0 Å². The van der Waals surface area contributed by atoms with E-state index in [4.69, 9.17) is 0 Å². The van der Waals surface area contributed by atoms with Gasteiger partial charge in [0.15, 0.2) is 0 Å². The van der Waals surface area contributed by atoms with Crippen molar-refractivity contribution < 1.29 is 0 Å². The molecule has 0 nitrogen and oxygen atoms in total. The minimum atomic E-state index is 0.787. The number of benzene rings is 1. The summed E-state index contributed by atoms with van der Waals surface area (Å²) >= 11 is 5.56. The quantitative estimate of drug-likeness (QED) is 0.553. The van der Waals surface area contributed by atoms with Crippen LogP contribution in [0, 0.1) is 19.8 Å². The molecule has 0 aliphatic carbocycles. The minimum Gasteiger partial charge on any atom is -0.126 e. The van der Waals surface area contributed by atoms with Crippen LogP contribution in [0.15, 0.2) is 23.1 Å². The molecule has 1 aromatic rings. The Labute approximate surface area is 106 Å². The van der Waals surface area contributed by atoms with Crippen molar-refractivity contribution in [3.63, 3.8) is 0 Å². The summed E-state index contributed by atoms with van der Waals surface area (Å²) in [6.45, 7) is 6.61. The highest BCUT2D eigenvalue weighted by atomic mass is 79.9. The number of hydrogen-bond donors (Lipinski definition) is 0. The summed E-state index contributed by atoms with van der Waals surface area (Å²) in [5.74, 6) is 2.00. The van der Waals surface area contributed by atoms with E-state index in [1.807, 2.05) is 11.8 Å². The number of halogens is 1. The van der Waals surface area contributed by atoms with Gasteiger partial charge in [0.2, 0.25) is 0 Å². The van der Waals surface area contributed by atoms with Gasteiger partial charge in [-0.3, -0.25) is 0 Å². The molecule has 1 atom stereocenters. The standard InChI is InChI=1S/C13H19BrS/c1-4-12(8-14)9-15-13-7-10(2)5-6-11(13)3/h5-7,12H,4,8-9H2,1-3H3. The van der Waals surface area contributed by atoms with E-state index in [1.54, 1.807) is 0 Å². The maximum atomic E-state index is 3.57. The van der Waals surface area contributed by atoms with E-state index in [0.29, 0.717) is 0 Å². The van der Waals surface area contributed by atoms with Crippen molar-refractivity contribution in [3.05, 3.63) is 29.3 Å². The van der Waals surface area contributed by atoms with Crippen LogP contribution in [0.25, 0.3) is 0 Å². The minimum absolute atomic E-state index is 0.787. The van der Waals surface area contributed by atoms with E-state index < -0.39 is 0 Å². The van der Waals surface area contributed by atoms with Crippen molar-refractivity contribution in [1.82, 2.24) is 0 Å². The molecule has 0 heterocycles. The highest BCUT2D eigenvalue weighted by Gasteiger charge is 2.06. The highest BCUT2D eigenvalue weighted by Crippen LogP contribution is 2.26. The Hall–Kier alpha value is 0.0500. The molecule has 1 aromatic carbocycles. The molecule has 0 fully saturated rings. The first-order valence-electron chi connectivity index (χ1n) is 5.43. The first-order valence-corrected chi connectivity index (χ1v) is 7.54. The van der Waals surface area contributed by atoms with Crippen LogP contribution in [0.4, 0.5) is 0 Å². The zero-order chi connectivity index (χ0) is 11.3. The van der Waals surface area contributed by atoms with Crippen LogP contribution in [0.3, 0.4) is 0 Å². The van der Waals surface area contributed by atoms with Crippen molar-refractivity contribution >= 4 is 27.7 Å². The molecule has 0 N–H and O–H groups in total. The van der Waals surface area contributed by atoms with E-state index in [-0.39, 0.29) is 0 Å². The molecule has 1 unspecified atom stereocenters. The fourth-order valence-electron chi connectivity index (χ4n) is 1.34. The van der Waals surface area contributed by atoms with Crippen LogP contribution in [-0.4, -0.2) is 11.1 Å². The van der Waals surface area contributed by atoms with Gasteiger partial charge in [-0.15, -0.1) is 11.8 Å². The van der Waals surface area contributed by atoms with E-state index in [0.717, 1.165) is 11.2 Å². The molecule has 0 bridgehead atoms. The smallest absolute Gasteiger partial charge is 0.0104 e. The van der Waals surface area contributed by atoms with E-state index in [2.05, 4.69) is 54.9 Å². The molecule has 84 valence electrons. The average molecular weight is 287 g/mol. The lowest BCUT2D eigenvalue weighted by atomic mass is 10.2. The van der Waals surface area contributed by atoms with Crippen LogP contribution in [0.5, 0.6) is 0 Å². The molecular weight excluding hydrogens is 268 g/mol. The lowest BCUT2D eigenvalue weighted by molar-refractivity contribution is 0.652. The second-order valence-electron chi connectivity index (χ2n) is 4.01. The number of alkyl halides is 1. The van der Waals surface area contributed by atoms with Crippen molar-refractivity contribution in [1.29, 1.82) is 0 Å². The summed E-state index contributed by atoms with van der Waals surface area (Å²) in [6.07, 6.45) is 1.25. The van der Waals surface area contributed by atoms with E-state index >= 15 is 0 Å². The lowest BCUT2D eigenvalue weighted by Crippen LogP contribution is -2.03. The zero-order valence-corrected chi connectivity index (χ0v) is 12.1. The van der Waals surface area contributed by atoms with Crippen molar-refractivity contribution in [2.45, 2.75) is 32.1 Å². The van der Waals surface area contributed by atoms with Crippen LogP contribution < -0.4 is 0 Å². The van der Waals surface area contributed by atoms with Crippen LogP contribution in [0.1, 0.15) is 24.5 Å². The molecule has 0 aromatic heterocycles. The van der Waals surface area contributed by atoms with Crippen molar-refractivity contribution in [3.8, 4) is 0 Å². The molecule has 0 spiro atoms. The van der Waals surface area contributed by atoms with Crippen LogP contribution in [0.2, 0.25) is 0 Å². The monoisotopic (exact) mass is 286 g/mol. The summed E-state index contributed by atoms with van der Waals surface area (Å²) in [4.78, 5) is 1.44. The molecule has 1 rings (SSSR count). The molecule has 0 saturated heterocycles. The van der Waals surface area contributed by atoms with Gasteiger partial charge in [-0.1, -0.05) is 47.0 Å². The summed E-state index contributed by atoms with van der Waals surface area (Å²) in [6, 6.07) is 6.69. The SMILES string of the molecule is CCC(CBr)CSc1cc(C)ccc1C. The maximum absolute atomic E-state index is 3.57. The molecule has 0 radical (unpaired) electrons. The summed E-state index contributed by atoms with van der Waals surface area (Å²) in [7, 11) is 0. The molecular formula is C13H19BrS. The summed E-state index contributed by atoms with van der Waals surface area (Å²) in [5.41, 5.74) is 2.75. The highest BCUT2D eigenvalue weighted by molar-refractivity contribution is 9.09. The third-order valence-corrected chi connectivity index (χ3v) is 4.92. The molecule has 2 heteroatoms. The Morgan fingerprint density at radius 2 is 2.07 bits per heavy atom. The Kier molecular flexibility index (Phi) is 5.77. The second kappa shape index (κ2) is 6.59. The normalized spacial score (nSPS) is 12.8. The zero-order valence-electron chi connectivity index (χ0n) is 9.72. The van der Waals surface area contributed by atoms with Gasteiger partial charge in [0.05, 0.1) is 0 Å². The summed E-state index contributed by atoms with van der Waals surface area (Å²) in [5, 5.41) is 1.11. The number of hydrogen-bond acceptors (Lipinski definition) is 1. The largest absolute Gasteiger partial charge is 0.126 e. The Morgan fingerprint density at radius 1 is 1.33 bits per heavy atom. The molecule has 0 amide bonds. The molecule has 0 aliphatic heterocycles. The van der Waals surface area contributed by atoms with Gasteiger partial charge in [0, 0.05) is 16.0 Å². The Balaban J connectivity index is 2.60. The van der Waals surface area contributed by atoms with Gasteiger partial charge in [0.25, 0.3) is 0 Å². The van der Waals surface area contributed by atoms with E-state index in [1.165, 1.54) is 28.2 Å². The third-order valence-electron chi connectivity index (χ3n) is 2.61.